The molecule has 0 aromatic carbocycles. The Labute approximate surface area is 127 Å². The van der Waals surface area contributed by atoms with Gasteiger partial charge in [-0.25, -0.2) is 0 Å². The number of rotatable bonds is 6. The van der Waals surface area contributed by atoms with Crippen LogP contribution in [0.4, 0.5) is 0 Å². The lowest BCUT2D eigenvalue weighted by Gasteiger charge is -2.32. The van der Waals surface area contributed by atoms with Gasteiger partial charge in [-0.1, -0.05) is 26.7 Å². The molecule has 0 spiro atoms. The van der Waals surface area contributed by atoms with Gasteiger partial charge in [-0.15, -0.1) is 0 Å². The average molecular weight is 295 g/mol. The van der Waals surface area contributed by atoms with Crippen molar-refractivity contribution in [3.05, 3.63) is 0 Å². The first-order valence-corrected chi connectivity index (χ1v) is 8.52. The molecule has 2 atom stereocenters. The summed E-state index contributed by atoms with van der Waals surface area (Å²) in [6.07, 6.45) is 7.68. The Hall–Kier alpha value is -1.06. The van der Waals surface area contributed by atoms with Crippen LogP contribution < -0.4 is 0 Å². The Kier molecular flexibility index (Phi) is 5.65. The van der Waals surface area contributed by atoms with Crippen LogP contribution in [0.15, 0.2) is 0 Å². The second kappa shape index (κ2) is 7.28. The Morgan fingerprint density at radius 2 is 1.71 bits per heavy atom. The van der Waals surface area contributed by atoms with Crippen molar-refractivity contribution in [2.75, 3.05) is 6.54 Å². The molecule has 0 aliphatic heterocycles. The van der Waals surface area contributed by atoms with Gasteiger partial charge in [0.25, 0.3) is 0 Å². The van der Waals surface area contributed by atoms with Crippen molar-refractivity contribution in [2.45, 2.75) is 71.3 Å². The fourth-order valence-electron chi connectivity index (χ4n) is 3.75. The second-order valence-electron chi connectivity index (χ2n) is 7.20. The molecule has 2 aliphatic rings. The summed E-state index contributed by atoms with van der Waals surface area (Å²) >= 11 is 0. The molecule has 1 N–H and O–H groups in total. The van der Waals surface area contributed by atoms with E-state index in [1.165, 1.54) is 12.8 Å². The van der Waals surface area contributed by atoms with Crippen LogP contribution in [-0.2, 0) is 9.59 Å². The molecule has 0 aromatic heterocycles. The van der Waals surface area contributed by atoms with Gasteiger partial charge in [-0.3, -0.25) is 9.59 Å². The monoisotopic (exact) mass is 295 g/mol. The number of amides is 1. The molecule has 21 heavy (non-hydrogen) atoms. The second-order valence-corrected chi connectivity index (χ2v) is 7.20. The average Bonchev–Trinajstić information content (AvgIpc) is 3.09. The van der Waals surface area contributed by atoms with Crippen molar-refractivity contribution in [2.24, 2.45) is 17.8 Å². The van der Waals surface area contributed by atoms with E-state index in [2.05, 4.69) is 18.7 Å². The highest BCUT2D eigenvalue weighted by atomic mass is 16.4. The molecule has 0 saturated heterocycles. The summed E-state index contributed by atoms with van der Waals surface area (Å²) in [5.74, 6) is -0.281. The van der Waals surface area contributed by atoms with Gasteiger partial charge in [-0.2, -0.15) is 0 Å². The van der Waals surface area contributed by atoms with E-state index in [0.29, 0.717) is 24.8 Å². The molecular weight excluding hydrogens is 266 g/mol. The standard InChI is InChI=1S/C17H29NO3/c1-12(2)9-10-18(15-5-3-4-6-15)16(19)13-7-8-14(11-13)17(20)21/h12-15H,3-11H2,1-2H3,(H,20,21). The summed E-state index contributed by atoms with van der Waals surface area (Å²) in [6.45, 7) is 5.22. The Morgan fingerprint density at radius 1 is 1.10 bits per heavy atom. The predicted molar refractivity (Wildman–Crippen MR) is 81.9 cm³/mol. The highest BCUT2D eigenvalue weighted by Gasteiger charge is 2.38. The lowest BCUT2D eigenvalue weighted by atomic mass is 10.0. The zero-order chi connectivity index (χ0) is 15.4. The van der Waals surface area contributed by atoms with Crippen molar-refractivity contribution >= 4 is 11.9 Å². The van der Waals surface area contributed by atoms with Crippen molar-refractivity contribution < 1.29 is 14.7 Å². The molecule has 120 valence electrons. The third-order valence-corrected chi connectivity index (χ3v) is 5.13. The minimum atomic E-state index is -0.736. The Morgan fingerprint density at radius 3 is 2.24 bits per heavy atom. The largest absolute Gasteiger partial charge is 0.481 e. The zero-order valence-corrected chi connectivity index (χ0v) is 13.4. The van der Waals surface area contributed by atoms with Crippen molar-refractivity contribution in [3.63, 3.8) is 0 Å². The topological polar surface area (TPSA) is 57.6 Å². The molecule has 2 aliphatic carbocycles. The maximum absolute atomic E-state index is 12.8. The van der Waals surface area contributed by atoms with Gasteiger partial charge in [0.1, 0.15) is 0 Å². The minimum Gasteiger partial charge on any atom is -0.481 e. The maximum atomic E-state index is 12.8. The molecule has 4 heteroatoms. The van der Waals surface area contributed by atoms with Crippen LogP contribution in [0.2, 0.25) is 0 Å². The van der Waals surface area contributed by atoms with E-state index >= 15 is 0 Å². The first kappa shape index (κ1) is 16.3. The lowest BCUT2D eigenvalue weighted by Crippen LogP contribution is -2.43. The van der Waals surface area contributed by atoms with Crippen LogP contribution in [0.1, 0.15) is 65.2 Å². The van der Waals surface area contributed by atoms with Gasteiger partial charge in [-0.05, 0) is 44.4 Å². The molecule has 4 nitrogen and oxygen atoms in total. The summed E-state index contributed by atoms with van der Waals surface area (Å²) in [7, 11) is 0. The summed E-state index contributed by atoms with van der Waals surface area (Å²) in [4.78, 5) is 26.0. The van der Waals surface area contributed by atoms with Gasteiger partial charge in [0.2, 0.25) is 5.91 Å². The molecule has 0 bridgehead atoms. The maximum Gasteiger partial charge on any atom is 0.306 e. The van der Waals surface area contributed by atoms with E-state index < -0.39 is 5.97 Å². The van der Waals surface area contributed by atoms with E-state index in [1.54, 1.807) is 0 Å². The Balaban J connectivity index is 1.98. The molecule has 2 fully saturated rings. The number of carboxylic acids is 1. The number of carbonyl (C=O) groups excluding carboxylic acids is 1. The zero-order valence-electron chi connectivity index (χ0n) is 13.4. The third-order valence-electron chi connectivity index (χ3n) is 5.13. The summed E-state index contributed by atoms with van der Waals surface area (Å²) < 4.78 is 0. The Bertz CT molecular complexity index is 374. The molecule has 2 rings (SSSR count). The number of carboxylic acid groups (broad SMARTS) is 1. The molecule has 1 amide bonds. The first-order valence-electron chi connectivity index (χ1n) is 8.52. The molecule has 2 saturated carbocycles. The van der Waals surface area contributed by atoms with E-state index in [9.17, 15) is 9.59 Å². The van der Waals surface area contributed by atoms with E-state index in [0.717, 1.165) is 32.2 Å². The molecule has 0 heterocycles. The van der Waals surface area contributed by atoms with E-state index in [1.807, 2.05) is 0 Å². The molecular formula is C17H29NO3. The van der Waals surface area contributed by atoms with Crippen LogP contribution in [0.25, 0.3) is 0 Å². The van der Waals surface area contributed by atoms with Gasteiger partial charge in [0, 0.05) is 18.5 Å². The van der Waals surface area contributed by atoms with E-state index in [4.69, 9.17) is 5.11 Å². The van der Waals surface area contributed by atoms with Crippen LogP contribution in [-0.4, -0.2) is 34.5 Å². The van der Waals surface area contributed by atoms with Gasteiger partial charge >= 0.3 is 5.97 Å². The smallest absolute Gasteiger partial charge is 0.306 e. The van der Waals surface area contributed by atoms with Gasteiger partial charge in [0.15, 0.2) is 0 Å². The molecule has 0 aromatic rings. The summed E-state index contributed by atoms with van der Waals surface area (Å²) in [5, 5.41) is 9.11. The fourth-order valence-corrected chi connectivity index (χ4v) is 3.75. The van der Waals surface area contributed by atoms with Gasteiger partial charge < -0.3 is 10.0 Å². The molecule has 0 radical (unpaired) electrons. The quantitative estimate of drug-likeness (QED) is 0.818. The normalized spacial score (nSPS) is 26.4. The third kappa shape index (κ3) is 4.21. The molecule has 2 unspecified atom stereocenters. The first-order chi connectivity index (χ1) is 9.99. The number of hydrogen-bond acceptors (Lipinski definition) is 2. The summed E-state index contributed by atoms with van der Waals surface area (Å²) in [5.41, 5.74) is 0. The highest BCUT2D eigenvalue weighted by molar-refractivity contribution is 5.81. The van der Waals surface area contributed by atoms with Crippen LogP contribution in [0.5, 0.6) is 0 Å². The number of nitrogens with zero attached hydrogens (tertiary/aromatic N) is 1. The fraction of sp³-hybridized carbons (Fsp3) is 0.882. The number of aliphatic carboxylic acids is 1. The summed E-state index contributed by atoms with van der Waals surface area (Å²) in [6, 6.07) is 0.403. The van der Waals surface area contributed by atoms with Crippen molar-refractivity contribution in [3.8, 4) is 0 Å². The number of carbonyl (C=O) groups is 2. The van der Waals surface area contributed by atoms with Gasteiger partial charge in [0.05, 0.1) is 5.92 Å². The van der Waals surface area contributed by atoms with Crippen molar-refractivity contribution in [1.29, 1.82) is 0 Å². The van der Waals surface area contributed by atoms with E-state index in [-0.39, 0.29) is 17.7 Å². The minimum absolute atomic E-state index is 0.0566. The van der Waals surface area contributed by atoms with Crippen LogP contribution >= 0.6 is 0 Å². The number of hydrogen-bond donors (Lipinski definition) is 1. The highest BCUT2D eigenvalue weighted by Crippen LogP contribution is 2.34. The predicted octanol–water partition coefficient (Wildman–Crippen LogP) is 3.30. The SMILES string of the molecule is CC(C)CCN(C(=O)C1CCC(C(=O)O)C1)C1CCCC1. The van der Waals surface area contributed by atoms with Crippen molar-refractivity contribution in [1.82, 2.24) is 4.90 Å². The van der Waals surface area contributed by atoms with Crippen LogP contribution in [0.3, 0.4) is 0 Å². The lowest BCUT2D eigenvalue weighted by molar-refractivity contribution is -0.142. The van der Waals surface area contributed by atoms with Crippen LogP contribution in [0, 0.1) is 17.8 Å².